The molecule has 1 rings (SSSR count). The molecule has 108 valence electrons. The minimum Gasteiger partial charge on any atom is -0.362 e. The van der Waals surface area contributed by atoms with E-state index in [1.165, 1.54) is 0 Å². The summed E-state index contributed by atoms with van der Waals surface area (Å²) >= 11 is 0. The van der Waals surface area contributed by atoms with Crippen LogP contribution in [0.5, 0.6) is 0 Å². The summed E-state index contributed by atoms with van der Waals surface area (Å²) < 4.78 is 1.57. The second kappa shape index (κ2) is 6.04. The van der Waals surface area contributed by atoms with Crippen molar-refractivity contribution in [2.24, 2.45) is 13.0 Å². The predicted octanol–water partition coefficient (Wildman–Crippen LogP) is 3.30. The second-order valence-corrected chi connectivity index (χ2v) is 5.79. The second-order valence-electron chi connectivity index (χ2n) is 5.79. The average molecular weight is 268 g/mol. The highest BCUT2D eigenvalue weighted by Gasteiger charge is 2.29. The summed E-state index contributed by atoms with van der Waals surface area (Å²) in [6.07, 6.45) is 0.958. The highest BCUT2D eigenvalue weighted by molar-refractivity contribution is 5.61. The summed E-state index contributed by atoms with van der Waals surface area (Å²) in [4.78, 5) is 10.9. The molecule has 0 fully saturated rings. The fourth-order valence-electron chi connectivity index (χ4n) is 2.26. The number of hydrogen-bond donors (Lipinski definition) is 1. The van der Waals surface area contributed by atoms with E-state index in [1.807, 2.05) is 20.8 Å². The zero-order valence-corrected chi connectivity index (χ0v) is 12.6. The van der Waals surface area contributed by atoms with Gasteiger partial charge in [0.25, 0.3) is 0 Å². The Morgan fingerprint density at radius 1 is 1.32 bits per heavy atom. The first kappa shape index (κ1) is 15.5. The van der Waals surface area contributed by atoms with Gasteiger partial charge in [0.05, 0.1) is 4.92 Å². The van der Waals surface area contributed by atoms with Crippen LogP contribution in [0.25, 0.3) is 0 Å². The molecule has 0 saturated carbocycles. The summed E-state index contributed by atoms with van der Waals surface area (Å²) in [5.41, 5.74) is 0.639. The van der Waals surface area contributed by atoms with Crippen molar-refractivity contribution in [1.82, 2.24) is 9.78 Å². The van der Waals surface area contributed by atoms with Crippen LogP contribution in [0.4, 0.5) is 11.5 Å². The minimum atomic E-state index is -0.341. The maximum absolute atomic E-state index is 11.3. The van der Waals surface area contributed by atoms with Crippen LogP contribution in [0.1, 0.15) is 52.7 Å². The monoisotopic (exact) mass is 268 g/mol. The lowest BCUT2D eigenvalue weighted by Gasteiger charge is -2.16. The fourth-order valence-corrected chi connectivity index (χ4v) is 2.26. The van der Waals surface area contributed by atoms with Crippen molar-refractivity contribution in [3.05, 3.63) is 15.8 Å². The zero-order chi connectivity index (χ0) is 14.7. The molecular formula is C13H24N4O2. The lowest BCUT2D eigenvalue weighted by Crippen LogP contribution is -2.20. The molecule has 1 heterocycles. The Labute approximate surface area is 114 Å². The van der Waals surface area contributed by atoms with Crippen molar-refractivity contribution in [3.8, 4) is 0 Å². The predicted molar refractivity (Wildman–Crippen MR) is 76.5 cm³/mol. The molecule has 1 atom stereocenters. The van der Waals surface area contributed by atoms with Gasteiger partial charge in [-0.15, -0.1) is 0 Å². The number of hydrogen-bond acceptors (Lipinski definition) is 4. The van der Waals surface area contributed by atoms with Crippen molar-refractivity contribution in [2.45, 2.75) is 53.0 Å². The van der Waals surface area contributed by atoms with E-state index in [0.717, 1.165) is 6.42 Å². The number of aromatic nitrogens is 2. The van der Waals surface area contributed by atoms with Gasteiger partial charge in [0, 0.05) is 19.0 Å². The largest absolute Gasteiger partial charge is 0.362 e. The zero-order valence-electron chi connectivity index (χ0n) is 12.6. The van der Waals surface area contributed by atoms with Gasteiger partial charge in [0.2, 0.25) is 5.82 Å². The molecule has 0 amide bonds. The molecule has 0 radical (unpaired) electrons. The fraction of sp³-hybridized carbons (Fsp3) is 0.769. The van der Waals surface area contributed by atoms with Crippen molar-refractivity contribution in [2.75, 3.05) is 5.32 Å². The number of rotatable bonds is 6. The SMILES string of the molecule is CC(C)CC(C)Nc1c([N+](=O)[O-])c(C(C)C)nn1C. The molecule has 1 aromatic rings. The molecule has 6 nitrogen and oxygen atoms in total. The first-order valence-electron chi connectivity index (χ1n) is 6.71. The lowest BCUT2D eigenvalue weighted by molar-refractivity contribution is -0.384. The highest BCUT2D eigenvalue weighted by atomic mass is 16.6. The molecule has 19 heavy (non-hydrogen) atoms. The first-order valence-corrected chi connectivity index (χ1v) is 6.71. The van der Waals surface area contributed by atoms with Crippen LogP contribution in [0.15, 0.2) is 0 Å². The molecule has 0 bridgehead atoms. The molecule has 0 aliphatic carbocycles. The van der Waals surface area contributed by atoms with E-state index in [9.17, 15) is 10.1 Å². The van der Waals surface area contributed by atoms with Gasteiger partial charge >= 0.3 is 5.69 Å². The van der Waals surface area contributed by atoms with Crippen LogP contribution < -0.4 is 5.32 Å². The number of nitrogens with one attached hydrogen (secondary N) is 1. The van der Waals surface area contributed by atoms with Crippen LogP contribution >= 0.6 is 0 Å². The molecule has 0 aliphatic heterocycles. The van der Waals surface area contributed by atoms with E-state index < -0.39 is 0 Å². The quantitative estimate of drug-likeness (QED) is 0.634. The molecule has 1 N–H and O–H groups in total. The van der Waals surface area contributed by atoms with Gasteiger partial charge in [-0.3, -0.25) is 10.1 Å². The smallest absolute Gasteiger partial charge is 0.334 e. The Morgan fingerprint density at radius 2 is 1.89 bits per heavy atom. The number of aryl methyl sites for hydroxylation is 1. The van der Waals surface area contributed by atoms with E-state index in [1.54, 1.807) is 11.7 Å². The Bertz CT molecular complexity index is 452. The topological polar surface area (TPSA) is 73.0 Å². The van der Waals surface area contributed by atoms with Crippen LogP contribution in [0, 0.1) is 16.0 Å². The van der Waals surface area contributed by atoms with Gasteiger partial charge in [-0.2, -0.15) is 5.10 Å². The Balaban J connectivity index is 3.09. The minimum absolute atomic E-state index is 0.0301. The average Bonchev–Trinajstić information content (AvgIpc) is 2.55. The molecule has 1 unspecified atom stereocenters. The Hall–Kier alpha value is -1.59. The number of anilines is 1. The van der Waals surface area contributed by atoms with Crippen LogP contribution in [0.3, 0.4) is 0 Å². The third-order valence-corrected chi connectivity index (χ3v) is 2.99. The Morgan fingerprint density at radius 3 is 2.32 bits per heavy atom. The molecule has 0 aromatic carbocycles. The number of nitrogens with zero attached hydrogens (tertiary/aromatic N) is 3. The van der Waals surface area contributed by atoms with E-state index in [-0.39, 0.29) is 22.6 Å². The van der Waals surface area contributed by atoms with Crippen molar-refractivity contribution >= 4 is 11.5 Å². The van der Waals surface area contributed by atoms with Gasteiger partial charge in [-0.1, -0.05) is 27.7 Å². The maximum Gasteiger partial charge on any atom is 0.334 e. The van der Waals surface area contributed by atoms with Crippen LogP contribution in [-0.2, 0) is 7.05 Å². The Kier molecular flexibility index (Phi) is 4.91. The molecule has 0 saturated heterocycles. The first-order chi connectivity index (χ1) is 8.73. The lowest BCUT2D eigenvalue weighted by atomic mass is 10.1. The highest BCUT2D eigenvalue weighted by Crippen LogP contribution is 2.33. The van der Waals surface area contributed by atoms with Crippen LogP contribution in [-0.4, -0.2) is 20.7 Å². The molecule has 1 aromatic heterocycles. The third kappa shape index (κ3) is 3.68. The molecular weight excluding hydrogens is 244 g/mol. The van der Waals surface area contributed by atoms with Crippen molar-refractivity contribution < 1.29 is 4.92 Å². The van der Waals surface area contributed by atoms with Crippen molar-refractivity contribution in [1.29, 1.82) is 0 Å². The summed E-state index contributed by atoms with van der Waals surface area (Å²) in [6.45, 7) is 10.1. The van der Waals surface area contributed by atoms with E-state index in [2.05, 4.69) is 24.3 Å². The summed E-state index contributed by atoms with van der Waals surface area (Å²) in [5, 5.41) is 18.8. The maximum atomic E-state index is 11.3. The van der Waals surface area contributed by atoms with E-state index in [4.69, 9.17) is 0 Å². The van der Waals surface area contributed by atoms with Gasteiger partial charge < -0.3 is 5.32 Å². The van der Waals surface area contributed by atoms with Gasteiger partial charge in [-0.05, 0) is 19.3 Å². The molecule has 0 spiro atoms. The molecule has 0 aliphatic rings. The normalized spacial score (nSPS) is 13.1. The van der Waals surface area contributed by atoms with Gasteiger partial charge in [-0.25, -0.2) is 4.68 Å². The van der Waals surface area contributed by atoms with E-state index >= 15 is 0 Å². The number of nitro groups is 1. The van der Waals surface area contributed by atoms with Gasteiger partial charge in [0.15, 0.2) is 0 Å². The summed E-state index contributed by atoms with van der Waals surface area (Å²) in [7, 11) is 1.74. The van der Waals surface area contributed by atoms with E-state index in [0.29, 0.717) is 17.4 Å². The van der Waals surface area contributed by atoms with Gasteiger partial charge in [0.1, 0.15) is 5.69 Å². The van der Waals surface area contributed by atoms with Crippen molar-refractivity contribution in [3.63, 3.8) is 0 Å². The van der Waals surface area contributed by atoms with Crippen LogP contribution in [0.2, 0.25) is 0 Å². The standard InChI is InChI=1S/C13H24N4O2/c1-8(2)7-10(5)14-13-12(17(18)19)11(9(3)4)15-16(13)6/h8-10,14H,7H2,1-6H3. The molecule has 6 heteroatoms. The summed E-state index contributed by atoms with van der Waals surface area (Å²) in [5.74, 6) is 1.07. The third-order valence-electron chi connectivity index (χ3n) is 2.99. The summed E-state index contributed by atoms with van der Waals surface area (Å²) in [6, 6.07) is 0.175.